The number of rotatable bonds is 3. The topological polar surface area (TPSA) is 15.8 Å². The van der Waals surface area contributed by atoms with E-state index in [0.29, 0.717) is 0 Å². The highest BCUT2D eigenvalue weighted by atomic mass is 14.7. The molecule has 1 heterocycles. The molecule has 116 valence electrons. The molecule has 24 heavy (non-hydrogen) atoms. The zero-order valence-electron chi connectivity index (χ0n) is 13.8. The molecule has 1 N–H and O–H groups in total. The first kappa shape index (κ1) is 13.6. The van der Waals surface area contributed by atoms with Crippen LogP contribution in [-0.2, 0) is 6.42 Å². The maximum Gasteiger partial charge on any atom is 0.0486 e. The zero-order chi connectivity index (χ0) is 16.1. The van der Waals surface area contributed by atoms with Crippen molar-refractivity contribution in [1.82, 2.24) is 4.98 Å². The van der Waals surface area contributed by atoms with Gasteiger partial charge in [-0.1, -0.05) is 55.8 Å². The van der Waals surface area contributed by atoms with E-state index in [2.05, 4.69) is 78.8 Å². The van der Waals surface area contributed by atoms with Crippen LogP contribution in [0.25, 0.3) is 43.6 Å². The van der Waals surface area contributed by atoms with Crippen LogP contribution in [0.5, 0.6) is 0 Å². The first-order valence-electron chi connectivity index (χ1n) is 8.69. The molecule has 0 unspecified atom stereocenters. The van der Waals surface area contributed by atoms with Crippen molar-refractivity contribution in [3.8, 4) is 11.3 Å². The summed E-state index contributed by atoms with van der Waals surface area (Å²) in [5.41, 5.74) is 3.96. The molecule has 1 heteroatoms. The van der Waals surface area contributed by atoms with E-state index in [1.807, 2.05) is 0 Å². The third-order valence-corrected chi connectivity index (χ3v) is 5.10. The molecular formula is C23H19N. The lowest BCUT2D eigenvalue weighted by Gasteiger charge is -2.13. The Hall–Kier alpha value is -2.80. The highest BCUT2D eigenvalue weighted by Gasteiger charge is 2.12. The molecule has 5 rings (SSSR count). The summed E-state index contributed by atoms with van der Waals surface area (Å²) >= 11 is 0. The van der Waals surface area contributed by atoms with Crippen LogP contribution in [0, 0.1) is 0 Å². The number of nitrogens with one attached hydrogen (secondary N) is 1. The van der Waals surface area contributed by atoms with Gasteiger partial charge >= 0.3 is 0 Å². The number of aromatic amines is 1. The molecule has 1 nitrogen and oxygen atoms in total. The lowest BCUT2D eigenvalue weighted by atomic mass is 9.92. The third-order valence-electron chi connectivity index (χ3n) is 5.10. The molecule has 0 aliphatic heterocycles. The standard InChI is InChI=1S/C23H19N/c1-2-4-17-11-12-24-23(17)20-13-18-9-7-15-5-3-6-16-8-10-19(14-20)22(18)21(15)16/h3,5-14,24H,2,4H2,1H3. The predicted octanol–water partition coefficient (Wildman–Crippen LogP) is 6.53. The van der Waals surface area contributed by atoms with E-state index >= 15 is 0 Å². The largest absolute Gasteiger partial charge is 0.361 e. The van der Waals surface area contributed by atoms with Crippen molar-refractivity contribution in [2.24, 2.45) is 0 Å². The quantitative estimate of drug-likeness (QED) is 0.365. The lowest BCUT2D eigenvalue weighted by molar-refractivity contribution is 0.925. The van der Waals surface area contributed by atoms with Crippen LogP contribution < -0.4 is 0 Å². The number of aromatic nitrogens is 1. The molecule has 0 atom stereocenters. The second-order valence-electron chi connectivity index (χ2n) is 6.64. The highest BCUT2D eigenvalue weighted by Crippen LogP contribution is 2.37. The molecule has 0 radical (unpaired) electrons. The van der Waals surface area contributed by atoms with Crippen molar-refractivity contribution in [2.45, 2.75) is 19.8 Å². The van der Waals surface area contributed by atoms with Crippen LogP contribution in [0.1, 0.15) is 18.9 Å². The maximum absolute atomic E-state index is 3.45. The Morgan fingerprint density at radius 2 is 1.38 bits per heavy atom. The molecule has 0 aliphatic rings. The lowest BCUT2D eigenvalue weighted by Crippen LogP contribution is -1.89. The summed E-state index contributed by atoms with van der Waals surface area (Å²) in [5.74, 6) is 0. The third kappa shape index (κ3) is 1.88. The molecule has 0 aliphatic carbocycles. The Kier molecular flexibility index (Phi) is 2.90. The summed E-state index contributed by atoms with van der Waals surface area (Å²) in [5, 5.41) is 8.07. The normalized spacial score (nSPS) is 11.9. The van der Waals surface area contributed by atoms with Crippen LogP contribution in [0.15, 0.2) is 66.9 Å². The van der Waals surface area contributed by atoms with Gasteiger partial charge in [-0.2, -0.15) is 0 Å². The van der Waals surface area contributed by atoms with Gasteiger partial charge in [-0.05, 0) is 68.1 Å². The van der Waals surface area contributed by atoms with Gasteiger partial charge in [0.25, 0.3) is 0 Å². The average molecular weight is 309 g/mol. The van der Waals surface area contributed by atoms with E-state index in [-0.39, 0.29) is 0 Å². The summed E-state index contributed by atoms with van der Waals surface area (Å²) in [6.07, 6.45) is 4.34. The van der Waals surface area contributed by atoms with Crippen molar-refractivity contribution >= 4 is 32.3 Å². The fourth-order valence-electron chi connectivity index (χ4n) is 4.05. The monoisotopic (exact) mass is 309 g/mol. The van der Waals surface area contributed by atoms with Crippen molar-refractivity contribution in [2.75, 3.05) is 0 Å². The average Bonchev–Trinajstić information content (AvgIpc) is 3.08. The Bertz CT molecular complexity index is 1100. The molecule has 4 aromatic carbocycles. The molecular weight excluding hydrogens is 290 g/mol. The summed E-state index contributed by atoms with van der Waals surface area (Å²) in [7, 11) is 0. The van der Waals surface area contributed by atoms with Crippen LogP contribution in [0.2, 0.25) is 0 Å². The second kappa shape index (κ2) is 5.10. The van der Waals surface area contributed by atoms with E-state index in [9.17, 15) is 0 Å². The molecule has 0 fully saturated rings. The highest BCUT2D eigenvalue weighted by molar-refractivity contribution is 6.23. The second-order valence-corrected chi connectivity index (χ2v) is 6.64. The van der Waals surface area contributed by atoms with Crippen molar-refractivity contribution in [3.05, 3.63) is 72.4 Å². The van der Waals surface area contributed by atoms with E-state index in [0.717, 1.165) is 6.42 Å². The molecule has 5 aromatic rings. The smallest absolute Gasteiger partial charge is 0.0486 e. The fourth-order valence-corrected chi connectivity index (χ4v) is 4.05. The minimum absolute atomic E-state index is 1.11. The first-order valence-corrected chi connectivity index (χ1v) is 8.69. The summed E-state index contributed by atoms with van der Waals surface area (Å²) < 4.78 is 0. The number of aryl methyl sites for hydroxylation is 1. The van der Waals surface area contributed by atoms with E-state index < -0.39 is 0 Å². The van der Waals surface area contributed by atoms with E-state index in [1.165, 1.54) is 55.6 Å². The van der Waals surface area contributed by atoms with Crippen molar-refractivity contribution in [3.63, 3.8) is 0 Å². The molecule has 0 amide bonds. The molecule has 0 saturated carbocycles. The summed E-state index contributed by atoms with van der Waals surface area (Å²) in [4.78, 5) is 3.45. The van der Waals surface area contributed by atoms with E-state index in [1.54, 1.807) is 0 Å². The Morgan fingerprint density at radius 3 is 2.04 bits per heavy atom. The van der Waals surface area contributed by atoms with Gasteiger partial charge in [0.15, 0.2) is 0 Å². The fraction of sp³-hybridized carbons (Fsp3) is 0.130. The maximum atomic E-state index is 3.45. The molecule has 0 saturated heterocycles. The van der Waals surface area contributed by atoms with Gasteiger partial charge < -0.3 is 4.98 Å². The Labute approximate surface area is 141 Å². The minimum atomic E-state index is 1.11. The predicted molar refractivity (Wildman–Crippen MR) is 104 cm³/mol. The molecule has 0 spiro atoms. The Balaban J connectivity index is 1.85. The van der Waals surface area contributed by atoms with Crippen LogP contribution >= 0.6 is 0 Å². The number of H-pyrrole nitrogens is 1. The number of benzene rings is 4. The van der Waals surface area contributed by atoms with Gasteiger partial charge in [0.2, 0.25) is 0 Å². The van der Waals surface area contributed by atoms with Crippen LogP contribution in [0.4, 0.5) is 0 Å². The van der Waals surface area contributed by atoms with Gasteiger partial charge in [0, 0.05) is 11.9 Å². The number of hydrogen-bond acceptors (Lipinski definition) is 0. The molecule has 1 aromatic heterocycles. The summed E-state index contributed by atoms with van der Waals surface area (Å²) in [6, 6.07) is 22.4. The van der Waals surface area contributed by atoms with Gasteiger partial charge in [-0.15, -0.1) is 0 Å². The minimum Gasteiger partial charge on any atom is -0.361 e. The SMILES string of the molecule is CCCc1cc[nH]c1-c1cc2ccc3cccc4ccc(c1)c2c34. The zero-order valence-corrected chi connectivity index (χ0v) is 13.8. The first-order chi connectivity index (χ1) is 11.8. The van der Waals surface area contributed by atoms with Crippen LogP contribution in [0.3, 0.4) is 0 Å². The van der Waals surface area contributed by atoms with Gasteiger partial charge in [-0.25, -0.2) is 0 Å². The van der Waals surface area contributed by atoms with Crippen molar-refractivity contribution < 1.29 is 0 Å². The summed E-state index contributed by atoms with van der Waals surface area (Å²) in [6.45, 7) is 2.23. The van der Waals surface area contributed by atoms with Gasteiger partial charge in [0.05, 0.1) is 0 Å². The van der Waals surface area contributed by atoms with Gasteiger partial charge in [-0.3, -0.25) is 0 Å². The van der Waals surface area contributed by atoms with E-state index in [4.69, 9.17) is 0 Å². The number of hydrogen-bond donors (Lipinski definition) is 1. The van der Waals surface area contributed by atoms with Crippen molar-refractivity contribution in [1.29, 1.82) is 0 Å². The molecule has 0 bridgehead atoms. The Morgan fingerprint density at radius 1 is 0.750 bits per heavy atom. The van der Waals surface area contributed by atoms with Gasteiger partial charge in [0.1, 0.15) is 0 Å². The van der Waals surface area contributed by atoms with Crippen LogP contribution in [-0.4, -0.2) is 4.98 Å².